The Balaban J connectivity index is 2.76. The number of hydrogen-bond acceptors (Lipinski definition) is 3. The van der Waals surface area contributed by atoms with Crippen molar-refractivity contribution in [3.63, 3.8) is 0 Å². The van der Waals surface area contributed by atoms with Crippen molar-refractivity contribution in [2.24, 2.45) is 0 Å². The highest BCUT2D eigenvalue weighted by Gasteiger charge is 2.07. The predicted molar refractivity (Wildman–Crippen MR) is 63.5 cm³/mol. The summed E-state index contributed by atoms with van der Waals surface area (Å²) in [6.07, 6.45) is -1.00. The van der Waals surface area contributed by atoms with Crippen molar-refractivity contribution in [3.8, 4) is 11.8 Å². The van der Waals surface area contributed by atoms with Crippen LogP contribution < -0.4 is 0 Å². The maximum Gasteiger partial charge on any atom is 0.384 e. The Hall–Kier alpha value is -1.31. The zero-order chi connectivity index (χ0) is 12.0. The van der Waals surface area contributed by atoms with Gasteiger partial charge in [-0.1, -0.05) is 40.0 Å². The second-order valence-electron chi connectivity index (χ2n) is 2.91. The largest absolute Gasteiger partial charge is 0.456 e. The number of carbonyl (C=O) groups is 1. The van der Waals surface area contributed by atoms with Gasteiger partial charge in [0.25, 0.3) is 0 Å². The number of ether oxygens (including phenoxy) is 1. The monoisotopic (exact) mass is 282 g/mol. The van der Waals surface area contributed by atoms with Gasteiger partial charge < -0.3 is 9.84 Å². The van der Waals surface area contributed by atoms with E-state index in [1.54, 1.807) is 25.1 Å². The Morgan fingerprint density at radius 3 is 2.88 bits per heavy atom. The van der Waals surface area contributed by atoms with Crippen LogP contribution >= 0.6 is 15.9 Å². The van der Waals surface area contributed by atoms with Crippen LogP contribution in [0.5, 0.6) is 0 Å². The van der Waals surface area contributed by atoms with E-state index >= 15 is 0 Å². The first-order chi connectivity index (χ1) is 7.65. The minimum absolute atomic E-state index is 0.276. The highest BCUT2D eigenvalue weighted by atomic mass is 79.9. The van der Waals surface area contributed by atoms with Crippen molar-refractivity contribution < 1.29 is 14.6 Å². The molecule has 0 bridgehead atoms. The minimum atomic E-state index is -1.00. The van der Waals surface area contributed by atoms with Crippen molar-refractivity contribution in [1.29, 1.82) is 0 Å². The molecule has 0 aliphatic rings. The van der Waals surface area contributed by atoms with E-state index in [0.717, 1.165) is 4.47 Å². The lowest BCUT2D eigenvalue weighted by Gasteiger charge is -2.05. The van der Waals surface area contributed by atoms with Gasteiger partial charge in [-0.15, -0.1) is 0 Å². The molecular weight excluding hydrogens is 272 g/mol. The van der Waals surface area contributed by atoms with Gasteiger partial charge in [-0.25, -0.2) is 4.79 Å². The Morgan fingerprint density at radius 2 is 2.25 bits per heavy atom. The molecular formula is C12H11BrO3. The van der Waals surface area contributed by atoms with Crippen molar-refractivity contribution in [2.75, 3.05) is 6.61 Å². The quantitative estimate of drug-likeness (QED) is 0.513. The molecule has 0 aliphatic carbocycles. The molecule has 0 spiro atoms. The summed E-state index contributed by atoms with van der Waals surface area (Å²) in [6.45, 7) is 1.97. The number of aliphatic hydroxyl groups is 1. The van der Waals surface area contributed by atoms with E-state index in [0.29, 0.717) is 5.56 Å². The molecule has 0 saturated carbocycles. The molecule has 0 amide bonds. The van der Waals surface area contributed by atoms with E-state index < -0.39 is 12.1 Å². The summed E-state index contributed by atoms with van der Waals surface area (Å²) >= 11 is 3.29. The highest BCUT2D eigenvalue weighted by Crippen LogP contribution is 2.22. The van der Waals surface area contributed by atoms with Crippen LogP contribution in [0, 0.1) is 11.8 Å². The SMILES string of the molecule is CCOC(=O)C#C[C@H](O)c1ccccc1Br. The van der Waals surface area contributed by atoms with Crippen molar-refractivity contribution >= 4 is 21.9 Å². The van der Waals surface area contributed by atoms with Crippen LogP contribution in [0.2, 0.25) is 0 Å². The highest BCUT2D eigenvalue weighted by molar-refractivity contribution is 9.10. The van der Waals surface area contributed by atoms with Crippen LogP contribution in [0.4, 0.5) is 0 Å². The van der Waals surface area contributed by atoms with E-state index in [1.807, 2.05) is 6.07 Å². The normalized spacial score (nSPS) is 11.2. The lowest BCUT2D eigenvalue weighted by molar-refractivity contribution is -0.136. The standard InChI is InChI=1S/C12H11BrO3/c1-2-16-12(15)8-7-11(14)9-5-3-4-6-10(9)13/h3-6,11,14H,2H2,1H3/t11-/m0/s1. The third-order valence-electron chi connectivity index (χ3n) is 1.79. The number of hydrogen-bond donors (Lipinski definition) is 1. The van der Waals surface area contributed by atoms with Gasteiger partial charge in [0.15, 0.2) is 0 Å². The van der Waals surface area contributed by atoms with Gasteiger partial charge in [-0.2, -0.15) is 0 Å². The molecule has 1 N–H and O–H groups in total. The fraction of sp³-hybridized carbons (Fsp3) is 0.250. The van der Waals surface area contributed by atoms with Gasteiger partial charge in [0.1, 0.15) is 6.10 Å². The maximum absolute atomic E-state index is 10.9. The first-order valence-electron chi connectivity index (χ1n) is 4.76. The number of benzene rings is 1. The van der Waals surface area contributed by atoms with Crippen LogP contribution in [0.3, 0.4) is 0 Å². The average Bonchev–Trinajstić information content (AvgIpc) is 2.27. The summed E-state index contributed by atoms with van der Waals surface area (Å²) < 4.78 is 5.37. The summed E-state index contributed by atoms with van der Waals surface area (Å²) in [6, 6.07) is 7.15. The molecule has 0 unspecified atom stereocenters. The van der Waals surface area contributed by atoms with Crippen LogP contribution in [-0.2, 0) is 9.53 Å². The Kier molecular flexibility index (Phi) is 5.03. The molecule has 0 fully saturated rings. The van der Waals surface area contributed by atoms with Crippen LogP contribution in [-0.4, -0.2) is 17.7 Å². The second kappa shape index (κ2) is 6.31. The number of esters is 1. The molecule has 0 aromatic heterocycles. The summed E-state index contributed by atoms with van der Waals surface area (Å²) in [5.41, 5.74) is 0.624. The Labute approximate surface area is 103 Å². The van der Waals surface area contributed by atoms with E-state index in [1.165, 1.54) is 0 Å². The number of rotatable bonds is 2. The van der Waals surface area contributed by atoms with E-state index in [2.05, 4.69) is 32.5 Å². The van der Waals surface area contributed by atoms with Gasteiger partial charge in [-0.3, -0.25) is 0 Å². The van der Waals surface area contributed by atoms with Gasteiger partial charge in [0.05, 0.1) is 6.61 Å². The molecule has 1 aromatic carbocycles. The molecule has 84 valence electrons. The molecule has 0 heterocycles. The minimum Gasteiger partial charge on any atom is -0.456 e. The average molecular weight is 283 g/mol. The Bertz CT molecular complexity index is 431. The lowest BCUT2D eigenvalue weighted by Crippen LogP contribution is -2.01. The van der Waals surface area contributed by atoms with E-state index in [9.17, 15) is 9.90 Å². The molecule has 3 nitrogen and oxygen atoms in total. The maximum atomic E-state index is 10.9. The summed E-state index contributed by atoms with van der Waals surface area (Å²) in [5, 5.41) is 9.71. The zero-order valence-corrected chi connectivity index (χ0v) is 10.3. The summed E-state index contributed by atoms with van der Waals surface area (Å²) in [4.78, 5) is 10.9. The number of aliphatic hydroxyl groups excluding tert-OH is 1. The van der Waals surface area contributed by atoms with Gasteiger partial charge in [0.2, 0.25) is 0 Å². The third kappa shape index (κ3) is 3.69. The van der Waals surface area contributed by atoms with Gasteiger partial charge >= 0.3 is 5.97 Å². The first-order valence-corrected chi connectivity index (χ1v) is 5.55. The topological polar surface area (TPSA) is 46.5 Å². The number of carbonyl (C=O) groups excluding carboxylic acids is 1. The molecule has 0 saturated heterocycles. The van der Waals surface area contributed by atoms with Crippen LogP contribution in [0.1, 0.15) is 18.6 Å². The fourth-order valence-corrected chi connectivity index (χ4v) is 1.57. The fourth-order valence-electron chi connectivity index (χ4n) is 1.07. The molecule has 0 radical (unpaired) electrons. The van der Waals surface area contributed by atoms with Gasteiger partial charge in [-0.05, 0) is 13.0 Å². The molecule has 1 aromatic rings. The van der Waals surface area contributed by atoms with Crippen LogP contribution in [0.15, 0.2) is 28.7 Å². The smallest absolute Gasteiger partial charge is 0.384 e. The molecule has 4 heteroatoms. The zero-order valence-electron chi connectivity index (χ0n) is 8.74. The van der Waals surface area contributed by atoms with Gasteiger partial charge in [0, 0.05) is 16.0 Å². The van der Waals surface area contributed by atoms with Crippen molar-refractivity contribution in [2.45, 2.75) is 13.0 Å². The molecule has 16 heavy (non-hydrogen) atoms. The number of halogens is 1. The van der Waals surface area contributed by atoms with Crippen LogP contribution in [0.25, 0.3) is 0 Å². The summed E-state index contributed by atoms with van der Waals surface area (Å²) in [5.74, 6) is 4.02. The second-order valence-corrected chi connectivity index (χ2v) is 3.77. The van der Waals surface area contributed by atoms with E-state index in [-0.39, 0.29) is 6.61 Å². The lowest BCUT2D eigenvalue weighted by atomic mass is 10.1. The molecule has 0 aliphatic heterocycles. The predicted octanol–water partition coefficient (Wildman–Crippen LogP) is 2.05. The molecule has 1 atom stereocenters. The third-order valence-corrected chi connectivity index (χ3v) is 2.51. The van der Waals surface area contributed by atoms with E-state index in [4.69, 9.17) is 0 Å². The molecule has 1 rings (SSSR count). The first kappa shape index (κ1) is 12.8. The van der Waals surface area contributed by atoms with Crippen molar-refractivity contribution in [1.82, 2.24) is 0 Å². The Morgan fingerprint density at radius 1 is 1.56 bits per heavy atom. The van der Waals surface area contributed by atoms with Crippen molar-refractivity contribution in [3.05, 3.63) is 34.3 Å². The summed E-state index contributed by atoms with van der Waals surface area (Å²) in [7, 11) is 0.